The first-order valence-corrected chi connectivity index (χ1v) is 11.9. The summed E-state index contributed by atoms with van der Waals surface area (Å²) < 4.78 is 5.63. The summed E-state index contributed by atoms with van der Waals surface area (Å²) in [7, 11) is 0. The number of hydrogen-bond donors (Lipinski definition) is 1. The molecule has 0 bridgehead atoms. The lowest BCUT2D eigenvalue weighted by Crippen LogP contribution is -2.54. The Morgan fingerprint density at radius 2 is 1.70 bits per heavy atom. The quantitative estimate of drug-likeness (QED) is 0.359. The van der Waals surface area contributed by atoms with E-state index in [-0.39, 0.29) is 42.1 Å². The molecule has 0 radical (unpaired) electrons. The van der Waals surface area contributed by atoms with Crippen molar-refractivity contribution in [2.45, 2.75) is 83.6 Å². The first-order valence-electron chi connectivity index (χ1n) is 11.9. The fraction of sp³-hybridized carbons (Fsp3) is 0.560. The van der Waals surface area contributed by atoms with E-state index in [1.165, 1.54) is 38.2 Å². The van der Waals surface area contributed by atoms with Gasteiger partial charge in [0.2, 0.25) is 11.8 Å². The molecule has 0 aromatic heterocycles. The average molecular weight is 457 g/mol. The lowest BCUT2D eigenvalue weighted by atomic mass is 10.0. The number of ether oxygens (including phenoxy) is 1. The Morgan fingerprint density at radius 1 is 1.00 bits per heavy atom. The normalized spacial score (nSPS) is 17.8. The van der Waals surface area contributed by atoms with E-state index in [0.29, 0.717) is 6.42 Å². The fourth-order valence-corrected chi connectivity index (χ4v) is 4.29. The molecular formula is C25H32N2O6. The van der Waals surface area contributed by atoms with E-state index in [4.69, 9.17) is 4.74 Å². The van der Waals surface area contributed by atoms with Crippen LogP contribution < -0.4 is 10.1 Å². The van der Waals surface area contributed by atoms with Gasteiger partial charge in [-0.3, -0.25) is 34.2 Å². The molecule has 1 unspecified atom stereocenters. The summed E-state index contributed by atoms with van der Waals surface area (Å²) in [6.07, 6.45) is 9.71. The van der Waals surface area contributed by atoms with Crippen LogP contribution in [0.3, 0.4) is 0 Å². The predicted octanol–water partition coefficient (Wildman–Crippen LogP) is 3.57. The van der Waals surface area contributed by atoms with Gasteiger partial charge in [0.1, 0.15) is 18.4 Å². The molecule has 3 rings (SSSR count). The van der Waals surface area contributed by atoms with Gasteiger partial charge in [0.05, 0.1) is 11.1 Å². The molecule has 0 saturated carbocycles. The van der Waals surface area contributed by atoms with E-state index in [1.54, 1.807) is 12.1 Å². The monoisotopic (exact) mass is 456 g/mol. The average Bonchev–Trinajstić information content (AvgIpc) is 3.05. The van der Waals surface area contributed by atoms with E-state index in [0.717, 1.165) is 24.2 Å². The van der Waals surface area contributed by atoms with Crippen molar-refractivity contribution < 1.29 is 28.7 Å². The molecule has 178 valence electrons. The van der Waals surface area contributed by atoms with Crippen molar-refractivity contribution in [1.82, 2.24) is 10.2 Å². The molecular weight excluding hydrogens is 424 g/mol. The van der Waals surface area contributed by atoms with Crippen molar-refractivity contribution in [3.63, 3.8) is 0 Å². The maximum absolute atomic E-state index is 13.0. The number of piperidine rings is 1. The van der Waals surface area contributed by atoms with E-state index in [9.17, 15) is 24.0 Å². The number of ketones is 1. The molecule has 8 nitrogen and oxygen atoms in total. The number of nitrogens with zero attached hydrogens (tertiary/aromatic N) is 1. The van der Waals surface area contributed by atoms with Crippen LogP contribution in [0.2, 0.25) is 0 Å². The lowest BCUT2D eigenvalue weighted by Gasteiger charge is -2.27. The highest BCUT2D eigenvalue weighted by Crippen LogP contribution is 2.33. The Bertz CT molecular complexity index is 925. The maximum Gasteiger partial charge on any atom is 0.266 e. The molecule has 4 amide bonds. The molecule has 2 aliphatic rings. The topological polar surface area (TPSA) is 110 Å². The lowest BCUT2D eigenvalue weighted by molar-refractivity contribution is -0.136. The van der Waals surface area contributed by atoms with Gasteiger partial charge in [-0.2, -0.15) is 0 Å². The number of amides is 4. The van der Waals surface area contributed by atoms with Crippen LogP contribution in [0.5, 0.6) is 5.75 Å². The van der Waals surface area contributed by atoms with Crippen LogP contribution in [0.25, 0.3) is 0 Å². The summed E-state index contributed by atoms with van der Waals surface area (Å²) in [6.45, 7) is 2.02. The first-order chi connectivity index (χ1) is 15.9. The van der Waals surface area contributed by atoms with Gasteiger partial charge in [-0.25, -0.2) is 0 Å². The summed E-state index contributed by atoms with van der Waals surface area (Å²) in [5, 5.41) is 2.17. The van der Waals surface area contributed by atoms with E-state index in [1.807, 2.05) is 0 Å². The first kappa shape index (κ1) is 24.6. The van der Waals surface area contributed by atoms with Crippen LogP contribution in [-0.4, -0.2) is 47.0 Å². The Morgan fingerprint density at radius 3 is 2.39 bits per heavy atom. The van der Waals surface area contributed by atoms with Gasteiger partial charge in [0.15, 0.2) is 5.78 Å². The molecule has 1 saturated heterocycles. The zero-order valence-electron chi connectivity index (χ0n) is 19.2. The minimum atomic E-state index is -1.04. The van der Waals surface area contributed by atoms with Gasteiger partial charge in [-0.1, -0.05) is 57.9 Å². The number of hydrogen-bond acceptors (Lipinski definition) is 6. The Labute approximate surface area is 194 Å². The molecule has 0 spiro atoms. The molecule has 1 N–H and O–H groups in total. The second-order valence-electron chi connectivity index (χ2n) is 8.68. The smallest absolute Gasteiger partial charge is 0.266 e. The van der Waals surface area contributed by atoms with Gasteiger partial charge in [0, 0.05) is 12.8 Å². The third-order valence-corrected chi connectivity index (χ3v) is 6.13. The Balaban J connectivity index is 1.52. The third kappa shape index (κ3) is 6.06. The van der Waals surface area contributed by atoms with E-state index >= 15 is 0 Å². The van der Waals surface area contributed by atoms with Crippen molar-refractivity contribution in [2.75, 3.05) is 6.61 Å². The molecule has 0 aliphatic carbocycles. The van der Waals surface area contributed by atoms with Crippen LogP contribution in [0.4, 0.5) is 0 Å². The number of unbranched alkanes of at least 4 members (excludes halogenated alkanes) is 7. The number of carbonyl (C=O) groups excluding carboxylic acids is 5. The maximum atomic E-state index is 13.0. The molecule has 1 aromatic carbocycles. The summed E-state index contributed by atoms with van der Waals surface area (Å²) in [4.78, 5) is 62.6. The number of benzene rings is 1. The predicted molar refractivity (Wildman–Crippen MR) is 121 cm³/mol. The highest BCUT2D eigenvalue weighted by molar-refractivity contribution is 6.24. The molecule has 2 aliphatic heterocycles. The molecule has 1 fully saturated rings. The highest BCUT2D eigenvalue weighted by Gasteiger charge is 2.46. The van der Waals surface area contributed by atoms with Crippen LogP contribution in [0.15, 0.2) is 18.2 Å². The Hall–Kier alpha value is -3.03. The number of fused-ring (bicyclic) bond motifs is 1. The van der Waals surface area contributed by atoms with E-state index < -0.39 is 29.7 Å². The van der Waals surface area contributed by atoms with Crippen molar-refractivity contribution in [1.29, 1.82) is 0 Å². The number of nitrogens with one attached hydrogen (secondary N) is 1. The van der Waals surface area contributed by atoms with Gasteiger partial charge >= 0.3 is 0 Å². The summed E-state index contributed by atoms with van der Waals surface area (Å²) in [5.74, 6) is -2.23. The number of imide groups is 2. The minimum Gasteiger partial charge on any atom is -0.485 e. The molecule has 8 heteroatoms. The minimum absolute atomic E-state index is 0.0560. The second kappa shape index (κ2) is 11.7. The van der Waals surface area contributed by atoms with Gasteiger partial charge in [-0.15, -0.1) is 0 Å². The summed E-state index contributed by atoms with van der Waals surface area (Å²) >= 11 is 0. The van der Waals surface area contributed by atoms with Crippen molar-refractivity contribution in [2.24, 2.45) is 0 Å². The van der Waals surface area contributed by atoms with Crippen molar-refractivity contribution in [3.8, 4) is 5.75 Å². The molecule has 1 aromatic rings. The van der Waals surface area contributed by atoms with Gasteiger partial charge in [0.25, 0.3) is 11.8 Å². The number of carbonyl (C=O) groups is 5. The molecule has 1 atom stereocenters. The van der Waals surface area contributed by atoms with Crippen LogP contribution in [0, 0.1) is 0 Å². The van der Waals surface area contributed by atoms with Gasteiger partial charge in [-0.05, 0) is 25.0 Å². The van der Waals surface area contributed by atoms with Crippen LogP contribution in [-0.2, 0) is 14.4 Å². The highest BCUT2D eigenvalue weighted by atomic mass is 16.5. The molecule has 2 heterocycles. The van der Waals surface area contributed by atoms with Crippen molar-refractivity contribution >= 4 is 29.4 Å². The van der Waals surface area contributed by atoms with Crippen LogP contribution >= 0.6 is 0 Å². The second-order valence-corrected chi connectivity index (χ2v) is 8.68. The zero-order chi connectivity index (χ0) is 23.8. The van der Waals surface area contributed by atoms with Crippen LogP contribution in [0.1, 0.15) is 98.3 Å². The number of Topliss-reactive ketones (excluding diaryl/α,β-unsaturated/α-hetero) is 1. The third-order valence-electron chi connectivity index (χ3n) is 6.13. The van der Waals surface area contributed by atoms with E-state index in [2.05, 4.69) is 12.2 Å². The standard InChI is InChI=1S/C25H32N2O6/c1-2-3-4-5-6-7-8-9-11-17(28)16-33-20-13-10-12-18-22(20)25(32)27(24(18)31)19-14-15-21(29)26-23(19)30/h10,12-13,19H,2-9,11,14-16H2,1H3,(H,26,29,30). The van der Waals surface area contributed by atoms with Gasteiger partial charge < -0.3 is 4.74 Å². The molecule has 33 heavy (non-hydrogen) atoms. The Kier molecular flexibility index (Phi) is 8.74. The zero-order valence-corrected chi connectivity index (χ0v) is 19.2. The largest absolute Gasteiger partial charge is 0.485 e. The van der Waals surface area contributed by atoms with Crippen molar-refractivity contribution in [3.05, 3.63) is 29.3 Å². The summed E-state index contributed by atoms with van der Waals surface area (Å²) in [6, 6.07) is 3.58. The fourth-order valence-electron chi connectivity index (χ4n) is 4.29. The summed E-state index contributed by atoms with van der Waals surface area (Å²) in [5.41, 5.74) is 0.199. The number of rotatable bonds is 13. The SMILES string of the molecule is CCCCCCCCCCC(=O)COc1cccc2c1C(=O)N(C1CCC(=O)NC1=O)C2=O.